The van der Waals surface area contributed by atoms with E-state index in [0.717, 1.165) is 6.04 Å². The van der Waals surface area contributed by atoms with Gasteiger partial charge in [0.15, 0.2) is 0 Å². The molecule has 0 unspecified atom stereocenters. The molecule has 1 N–H and O–H groups in total. The van der Waals surface area contributed by atoms with Crippen molar-refractivity contribution in [1.29, 1.82) is 0 Å². The molecule has 1 nitrogen and oxygen atoms in total. The quantitative estimate of drug-likeness (QED) is 0.802. The minimum Gasteiger partial charge on any atom is -0.313 e. The highest BCUT2D eigenvalue weighted by atomic mass is 15.0. The third-order valence-corrected chi connectivity index (χ3v) is 5.62. The third-order valence-electron chi connectivity index (χ3n) is 5.62. The highest BCUT2D eigenvalue weighted by molar-refractivity contribution is 5.31. The Morgan fingerprint density at radius 2 is 1.68 bits per heavy atom. The van der Waals surface area contributed by atoms with Crippen LogP contribution in [0.2, 0.25) is 0 Å². The Labute approximate surface area is 117 Å². The van der Waals surface area contributed by atoms with Crippen molar-refractivity contribution in [1.82, 2.24) is 5.32 Å². The summed E-state index contributed by atoms with van der Waals surface area (Å²) >= 11 is 0. The number of hydrogen-bond acceptors (Lipinski definition) is 1. The number of nitrogens with one attached hydrogen (secondary N) is 1. The highest BCUT2D eigenvalue weighted by Gasteiger charge is 2.53. The van der Waals surface area contributed by atoms with Crippen molar-refractivity contribution >= 4 is 0 Å². The fourth-order valence-electron chi connectivity index (χ4n) is 3.98. The summed E-state index contributed by atoms with van der Waals surface area (Å²) < 4.78 is 0. The zero-order chi connectivity index (χ0) is 13.3. The lowest BCUT2D eigenvalue weighted by molar-refractivity contribution is 0.0127. The van der Waals surface area contributed by atoms with Crippen molar-refractivity contribution in [2.24, 2.45) is 5.41 Å². The average Bonchev–Trinajstić information content (AvgIpc) is 3.24. The van der Waals surface area contributed by atoms with Crippen molar-refractivity contribution < 1.29 is 0 Å². The monoisotopic (exact) mass is 257 g/mol. The lowest BCUT2D eigenvalue weighted by Gasteiger charge is -2.57. The van der Waals surface area contributed by atoms with E-state index in [1.165, 1.54) is 45.1 Å². The second kappa shape index (κ2) is 4.94. The van der Waals surface area contributed by atoms with Gasteiger partial charge in [-0.3, -0.25) is 0 Å². The molecule has 2 saturated carbocycles. The van der Waals surface area contributed by atoms with E-state index in [2.05, 4.69) is 49.5 Å². The number of rotatable bonds is 6. The molecular formula is C18H27N. The summed E-state index contributed by atoms with van der Waals surface area (Å²) in [7, 11) is 0. The van der Waals surface area contributed by atoms with Gasteiger partial charge in [-0.05, 0) is 36.7 Å². The summed E-state index contributed by atoms with van der Waals surface area (Å²) in [6.45, 7) is 5.92. The van der Waals surface area contributed by atoms with E-state index < -0.39 is 0 Å². The predicted octanol–water partition coefficient (Wildman–Crippen LogP) is 4.28. The summed E-state index contributed by atoms with van der Waals surface area (Å²) in [4.78, 5) is 0. The molecule has 0 radical (unpaired) electrons. The predicted molar refractivity (Wildman–Crippen MR) is 81.4 cm³/mol. The minimum absolute atomic E-state index is 0.413. The first-order chi connectivity index (χ1) is 9.22. The Bertz CT molecular complexity index is 407. The van der Waals surface area contributed by atoms with Crippen LogP contribution in [0.3, 0.4) is 0 Å². The van der Waals surface area contributed by atoms with Crippen molar-refractivity contribution in [3.8, 4) is 0 Å². The number of hydrogen-bond donors (Lipinski definition) is 1. The van der Waals surface area contributed by atoms with Gasteiger partial charge in [-0.15, -0.1) is 0 Å². The first kappa shape index (κ1) is 13.2. The van der Waals surface area contributed by atoms with Crippen LogP contribution in [-0.4, -0.2) is 12.6 Å². The first-order valence-electron chi connectivity index (χ1n) is 8.01. The fraction of sp³-hybridized carbons (Fsp3) is 0.667. The molecule has 1 aromatic rings. The van der Waals surface area contributed by atoms with E-state index in [1.54, 1.807) is 5.56 Å². The molecule has 0 aliphatic heterocycles. The standard InChI is InChI=1S/C18H27N/c1-3-17(4-2)12-18(13-17,14-19-16-10-11-16)15-8-6-5-7-9-15/h5-9,16,19H,3-4,10-14H2,1-2H3. The van der Waals surface area contributed by atoms with E-state index >= 15 is 0 Å². The lowest BCUT2D eigenvalue weighted by Crippen LogP contribution is -2.54. The van der Waals surface area contributed by atoms with Gasteiger partial charge >= 0.3 is 0 Å². The molecule has 0 amide bonds. The Hall–Kier alpha value is -0.820. The molecule has 1 aromatic carbocycles. The molecule has 3 rings (SSSR count). The molecular weight excluding hydrogens is 230 g/mol. The Kier molecular flexibility index (Phi) is 3.42. The van der Waals surface area contributed by atoms with Crippen molar-refractivity contribution in [3.63, 3.8) is 0 Å². The smallest absolute Gasteiger partial charge is 0.00884 e. The Morgan fingerprint density at radius 3 is 2.21 bits per heavy atom. The molecule has 19 heavy (non-hydrogen) atoms. The van der Waals surface area contributed by atoms with Crippen LogP contribution in [0.5, 0.6) is 0 Å². The van der Waals surface area contributed by atoms with Gasteiger partial charge in [-0.2, -0.15) is 0 Å². The van der Waals surface area contributed by atoms with Crippen LogP contribution in [0, 0.1) is 5.41 Å². The van der Waals surface area contributed by atoms with E-state index in [9.17, 15) is 0 Å². The highest BCUT2D eigenvalue weighted by Crippen LogP contribution is 2.59. The summed E-state index contributed by atoms with van der Waals surface area (Å²) in [5, 5.41) is 3.78. The zero-order valence-corrected chi connectivity index (χ0v) is 12.4. The average molecular weight is 257 g/mol. The Morgan fingerprint density at radius 1 is 1.05 bits per heavy atom. The molecule has 0 spiro atoms. The van der Waals surface area contributed by atoms with Crippen molar-refractivity contribution in [2.75, 3.05) is 6.54 Å². The van der Waals surface area contributed by atoms with Gasteiger partial charge in [0.25, 0.3) is 0 Å². The van der Waals surface area contributed by atoms with Crippen LogP contribution in [-0.2, 0) is 5.41 Å². The van der Waals surface area contributed by atoms with Gasteiger partial charge in [0.1, 0.15) is 0 Å². The molecule has 2 aliphatic carbocycles. The molecule has 0 heterocycles. The van der Waals surface area contributed by atoms with Gasteiger partial charge in [-0.1, -0.05) is 57.0 Å². The van der Waals surface area contributed by atoms with Crippen LogP contribution in [0.25, 0.3) is 0 Å². The second-order valence-electron chi connectivity index (χ2n) is 6.86. The maximum atomic E-state index is 3.78. The van der Waals surface area contributed by atoms with E-state index in [4.69, 9.17) is 0 Å². The minimum atomic E-state index is 0.413. The van der Waals surface area contributed by atoms with Gasteiger partial charge in [0, 0.05) is 18.0 Å². The van der Waals surface area contributed by atoms with Crippen LogP contribution in [0.4, 0.5) is 0 Å². The SMILES string of the molecule is CCC1(CC)CC(CNC2CC2)(c2ccccc2)C1. The summed E-state index contributed by atoms with van der Waals surface area (Å²) in [6.07, 6.45) is 8.19. The molecule has 0 bridgehead atoms. The van der Waals surface area contributed by atoms with Gasteiger partial charge in [0.2, 0.25) is 0 Å². The lowest BCUT2D eigenvalue weighted by atomic mass is 9.48. The molecule has 0 atom stereocenters. The first-order valence-corrected chi connectivity index (χ1v) is 8.01. The van der Waals surface area contributed by atoms with Gasteiger partial charge < -0.3 is 5.32 Å². The summed E-state index contributed by atoms with van der Waals surface area (Å²) in [5.41, 5.74) is 2.58. The second-order valence-corrected chi connectivity index (χ2v) is 6.86. The van der Waals surface area contributed by atoms with Crippen LogP contribution in [0.15, 0.2) is 30.3 Å². The van der Waals surface area contributed by atoms with Crippen LogP contribution >= 0.6 is 0 Å². The number of benzene rings is 1. The fourth-order valence-corrected chi connectivity index (χ4v) is 3.98. The maximum Gasteiger partial charge on any atom is 0.00884 e. The van der Waals surface area contributed by atoms with Gasteiger partial charge in [-0.25, -0.2) is 0 Å². The summed E-state index contributed by atoms with van der Waals surface area (Å²) in [5.74, 6) is 0. The van der Waals surface area contributed by atoms with Gasteiger partial charge in [0.05, 0.1) is 0 Å². The molecule has 0 saturated heterocycles. The largest absolute Gasteiger partial charge is 0.313 e. The summed E-state index contributed by atoms with van der Waals surface area (Å²) in [6, 6.07) is 12.0. The van der Waals surface area contributed by atoms with E-state index in [-0.39, 0.29) is 0 Å². The molecule has 0 aromatic heterocycles. The van der Waals surface area contributed by atoms with Crippen molar-refractivity contribution in [3.05, 3.63) is 35.9 Å². The van der Waals surface area contributed by atoms with Crippen molar-refractivity contribution in [2.45, 2.75) is 63.8 Å². The molecule has 2 fully saturated rings. The van der Waals surface area contributed by atoms with E-state index in [1.807, 2.05) is 0 Å². The Balaban J connectivity index is 1.77. The normalized spacial score (nSPS) is 23.9. The maximum absolute atomic E-state index is 3.78. The van der Waals surface area contributed by atoms with Crippen LogP contribution < -0.4 is 5.32 Å². The zero-order valence-electron chi connectivity index (χ0n) is 12.4. The molecule has 104 valence electrons. The van der Waals surface area contributed by atoms with E-state index in [0.29, 0.717) is 10.8 Å². The third kappa shape index (κ3) is 2.45. The van der Waals surface area contributed by atoms with Crippen LogP contribution in [0.1, 0.15) is 57.9 Å². The topological polar surface area (TPSA) is 12.0 Å². The molecule has 1 heteroatoms. The molecule has 2 aliphatic rings.